The zero-order valence-electron chi connectivity index (χ0n) is 15.7. The minimum atomic E-state index is -0.391. The molecule has 3 rings (SSSR count). The van der Waals surface area contributed by atoms with Crippen molar-refractivity contribution >= 4 is 35.8 Å². The lowest BCUT2D eigenvalue weighted by atomic mass is 10.0. The van der Waals surface area contributed by atoms with Gasteiger partial charge in [-0.25, -0.2) is 0 Å². The summed E-state index contributed by atoms with van der Waals surface area (Å²) in [6.07, 6.45) is 3.44. The number of ether oxygens (including phenoxy) is 1. The Hall–Kier alpha value is -1.50. The Kier molecular flexibility index (Phi) is 7.77. The number of amides is 2. The van der Waals surface area contributed by atoms with E-state index in [4.69, 9.17) is 16.3 Å². The zero-order valence-corrected chi connectivity index (χ0v) is 17.3. The van der Waals surface area contributed by atoms with E-state index in [-0.39, 0.29) is 24.2 Å². The standard InChI is InChI=1S/C19H26ClN3O3.ClH/c1-21-14-7-10-22(11-8-14)19(25)16-4-3-9-23(16)18(24)15-12-13(20)5-6-17(15)26-2;/h5-6,12,14,16,21H,3-4,7-11H2,1-2H3;1H. The van der Waals surface area contributed by atoms with Crippen LogP contribution >= 0.6 is 24.0 Å². The van der Waals surface area contributed by atoms with Crippen LogP contribution in [0.2, 0.25) is 5.02 Å². The minimum absolute atomic E-state index is 0. The van der Waals surface area contributed by atoms with E-state index in [1.54, 1.807) is 23.1 Å². The molecule has 1 atom stereocenters. The highest BCUT2D eigenvalue weighted by molar-refractivity contribution is 6.31. The molecule has 27 heavy (non-hydrogen) atoms. The molecule has 0 spiro atoms. The maximum absolute atomic E-state index is 13.1. The van der Waals surface area contributed by atoms with Crippen molar-refractivity contribution in [3.05, 3.63) is 28.8 Å². The number of carbonyl (C=O) groups excluding carboxylic acids is 2. The van der Waals surface area contributed by atoms with Crippen LogP contribution in [0.15, 0.2) is 18.2 Å². The first-order chi connectivity index (χ1) is 12.5. The molecule has 2 heterocycles. The Labute approximate surface area is 171 Å². The first-order valence-electron chi connectivity index (χ1n) is 9.15. The average Bonchev–Trinajstić information content (AvgIpc) is 3.16. The Morgan fingerprint density at radius 2 is 1.89 bits per heavy atom. The van der Waals surface area contributed by atoms with Gasteiger partial charge in [0, 0.05) is 30.7 Å². The molecule has 2 saturated heterocycles. The summed E-state index contributed by atoms with van der Waals surface area (Å²) in [7, 11) is 3.48. The molecule has 0 aromatic heterocycles. The number of nitrogens with one attached hydrogen (secondary N) is 1. The smallest absolute Gasteiger partial charge is 0.258 e. The summed E-state index contributed by atoms with van der Waals surface area (Å²) in [5.41, 5.74) is 0.411. The predicted molar refractivity (Wildman–Crippen MR) is 108 cm³/mol. The molecule has 0 radical (unpaired) electrons. The van der Waals surface area contributed by atoms with Gasteiger partial charge >= 0.3 is 0 Å². The van der Waals surface area contributed by atoms with Crippen LogP contribution in [-0.2, 0) is 4.79 Å². The van der Waals surface area contributed by atoms with Gasteiger partial charge in [-0.1, -0.05) is 11.6 Å². The highest BCUT2D eigenvalue weighted by Crippen LogP contribution is 2.28. The van der Waals surface area contributed by atoms with Gasteiger partial charge < -0.3 is 19.9 Å². The molecular weight excluding hydrogens is 389 g/mol. The van der Waals surface area contributed by atoms with Crippen molar-refractivity contribution in [1.82, 2.24) is 15.1 Å². The van der Waals surface area contributed by atoms with Crippen molar-refractivity contribution in [3.8, 4) is 5.75 Å². The minimum Gasteiger partial charge on any atom is -0.496 e. The van der Waals surface area contributed by atoms with Crippen LogP contribution in [0.4, 0.5) is 0 Å². The fourth-order valence-corrected chi connectivity index (χ4v) is 4.04. The number of rotatable bonds is 4. The molecule has 0 saturated carbocycles. The summed E-state index contributed by atoms with van der Waals surface area (Å²) < 4.78 is 5.31. The van der Waals surface area contributed by atoms with Gasteiger partial charge in [0.2, 0.25) is 5.91 Å². The van der Waals surface area contributed by atoms with Gasteiger partial charge in [-0.3, -0.25) is 9.59 Å². The Bertz CT molecular complexity index is 678. The van der Waals surface area contributed by atoms with Gasteiger partial charge in [0.15, 0.2) is 0 Å². The molecule has 8 heteroatoms. The van der Waals surface area contributed by atoms with Gasteiger partial charge in [-0.05, 0) is 50.9 Å². The van der Waals surface area contributed by atoms with E-state index in [1.165, 1.54) is 7.11 Å². The molecule has 2 aliphatic heterocycles. The van der Waals surface area contributed by atoms with Gasteiger partial charge in [0.25, 0.3) is 5.91 Å². The highest BCUT2D eigenvalue weighted by Gasteiger charge is 2.38. The summed E-state index contributed by atoms with van der Waals surface area (Å²) >= 11 is 6.07. The van der Waals surface area contributed by atoms with Crippen molar-refractivity contribution in [2.75, 3.05) is 33.8 Å². The predicted octanol–water partition coefficient (Wildman–Crippen LogP) is 2.59. The quantitative estimate of drug-likeness (QED) is 0.820. The monoisotopic (exact) mass is 415 g/mol. The van der Waals surface area contributed by atoms with Crippen LogP contribution in [0.3, 0.4) is 0 Å². The lowest BCUT2D eigenvalue weighted by molar-refractivity contribution is -0.136. The van der Waals surface area contributed by atoms with E-state index in [2.05, 4.69) is 5.32 Å². The highest BCUT2D eigenvalue weighted by atomic mass is 35.5. The average molecular weight is 416 g/mol. The summed E-state index contributed by atoms with van der Waals surface area (Å²) in [6, 6.07) is 5.07. The van der Waals surface area contributed by atoms with Gasteiger partial charge in [0.05, 0.1) is 12.7 Å². The molecule has 6 nitrogen and oxygen atoms in total. The number of piperidine rings is 1. The Morgan fingerprint density at radius 1 is 1.19 bits per heavy atom. The van der Waals surface area contributed by atoms with Crippen LogP contribution in [-0.4, -0.2) is 67.5 Å². The third-order valence-corrected chi connectivity index (χ3v) is 5.64. The first kappa shape index (κ1) is 21.8. The normalized spacial score (nSPS) is 20.3. The lowest BCUT2D eigenvalue weighted by Crippen LogP contribution is -2.51. The van der Waals surface area contributed by atoms with Crippen molar-refractivity contribution in [1.29, 1.82) is 0 Å². The van der Waals surface area contributed by atoms with Crippen molar-refractivity contribution in [2.24, 2.45) is 0 Å². The molecule has 150 valence electrons. The lowest BCUT2D eigenvalue weighted by Gasteiger charge is -2.35. The molecule has 1 unspecified atom stereocenters. The fraction of sp³-hybridized carbons (Fsp3) is 0.579. The summed E-state index contributed by atoms with van der Waals surface area (Å²) in [4.78, 5) is 29.7. The van der Waals surface area contributed by atoms with Crippen LogP contribution < -0.4 is 10.1 Å². The number of hydrogen-bond donors (Lipinski definition) is 1. The van der Waals surface area contributed by atoms with Gasteiger partial charge in [-0.15, -0.1) is 12.4 Å². The Morgan fingerprint density at radius 3 is 2.52 bits per heavy atom. The van der Waals surface area contributed by atoms with Crippen molar-refractivity contribution < 1.29 is 14.3 Å². The number of nitrogens with zero attached hydrogens (tertiary/aromatic N) is 2. The van der Waals surface area contributed by atoms with E-state index in [0.29, 0.717) is 35.3 Å². The number of benzene rings is 1. The second-order valence-corrected chi connectivity index (χ2v) is 7.33. The van der Waals surface area contributed by atoms with E-state index in [9.17, 15) is 9.59 Å². The van der Waals surface area contributed by atoms with Crippen LogP contribution in [0.5, 0.6) is 5.75 Å². The third-order valence-electron chi connectivity index (χ3n) is 5.41. The second-order valence-electron chi connectivity index (χ2n) is 6.89. The van der Waals surface area contributed by atoms with Crippen LogP contribution in [0, 0.1) is 0 Å². The summed E-state index contributed by atoms with van der Waals surface area (Å²) in [6.45, 7) is 2.06. The molecule has 2 fully saturated rings. The summed E-state index contributed by atoms with van der Waals surface area (Å²) in [5.74, 6) is 0.351. The Balaban J connectivity index is 0.00000261. The second kappa shape index (κ2) is 9.62. The van der Waals surface area contributed by atoms with Gasteiger partial charge in [-0.2, -0.15) is 0 Å². The van der Waals surface area contributed by atoms with Gasteiger partial charge in [0.1, 0.15) is 11.8 Å². The topological polar surface area (TPSA) is 61.9 Å². The molecule has 1 N–H and O–H groups in total. The van der Waals surface area contributed by atoms with E-state index >= 15 is 0 Å². The maximum atomic E-state index is 13.1. The molecule has 1 aromatic rings. The van der Waals surface area contributed by atoms with E-state index in [0.717, 1.165) is 32.4 Å². The fourth-order valence-electron chi connectivity index (χ4n) is 3.87. The SMILES string of the molecule is CNC1CCN(C(=O)C2CCCN2C(=O)c2cc(Cl)ccc2OC)CC1.Cl. The van der Waals surface area contributed by atoms with Crippen LogP contribution in [0.1, 0.15) is 36.0 Å². The zero-order chi connectivity index (χ0) is 18.7. The molecule has 0 bridgehead atoms. The van der Waals surface area contributed by atoms with Crippen LogP contribution in [0.25, 0.3) is 0 Å². The number of likely N-dealkylation sites (tertiary alicyclic amines) is 2. The third kappa shape index (κ3) is 4.68. The van der Waals surface area contributed by atoms with E-state index in [1.807, 2.05) is 11.9 Å². The molecule has 2 amide bonds. The van der Waals surface area contributed by atoms with E-state index < -0.39 is 6.04 Å². The molecule has 0 aliphatic carbocycles. The number of hydrogen-bond acceptors (Lipinski definition) is 4. The summed E-state index contributed by atoms with van der Waals surface area (Å²) in [5, 5.41) is 3.75. The van der Waals surface area contributed by atoms with Crippen molar-refractivity contribution in [3.63, 3.8) is 0 Å². The molecular formula is C19H27Cl2N3O3. The largest absolute Gasteiger partial charge is 0.496 e. The molecule has 1 aromatic carbocycles. The first-order valence-corrected chi connectivity index (χ1v) is 9.53. The maximum Gasteiger partial charge on any atom is 0.258 e. The number of methoxy groups -OCH3 is 1. The molecule has 2 aliphatic rings. The number of carbonyl (C=O) groups is 2. The number of halogens is 2. The van der Waals surface area contributed by atoms with Crippen molar-refractivity contribution in [2.45, 2.75) is 37.8 Å².